The summed E-state index contributed by atoms with van der Waals surface area (Å²) in [7, 11) is -3.83. The molecule has 0 radical (unpaired) electrons. The summed E-state index contributed by atoms with van der Waals surface area (Å²) in [4.78, 5) is 15.7. The van der Waals surface area contributed by atoms with Crippen molar-refractivity contribution in [2.24, 2.45) is 17.8 Å². The van der Waals surface area contributed by atoms with Crippen LogP contribution in [0.25, 0.3) is 0 Å². The van der Waals surface area contributed by atoms with Gasteiger partial charge in [0.1, 0.15) is 0 Å². The van der Waals surface area contributed by atoms with Crippen molar-refractivity contribution >= 4 is 15.9 Å². The molecular weight excluding hydrogens is 302 g/mol. The molecule has 2 aliphatic carbocycles. The maximum absolute atomic E-state index is 13.0. The number of aromatic nitrogens is 1. The Bertz CT molecular complexity index is 649. The number of halogens is 2. The first-order chi connectivity index (χ1) is 9.77. The average Bonchev–Trinajstić information content (AvgIpc) is 2.89. The molecule has 1 unspecified atom stereocenters. The number of alkyl halides is 2. The predicted molar refractivity (Wildman–Crippen MR) is 69.7 cm³/mol. The van der Waals surface area contributed by atoms with Crippen molar-refractivity contribution in [2.45, 2.75) is 24.5 Å². The van der Waals surface area contributed by atoms with E-state index >= 15 is 0 Å². The topological polar surface area (TPSA) is 76.1 Å². The first-order valence-corrected chi connectivity index (χ1v) is 8.24. The minimum Gasteiger partial charge on any atom is -0.274 e. The molecule has 3 rings (SSSR count). The Morgan fingerprint density at radius 3 is 2.62 bits per heavy atom. The molecule has 2 aliphatic rings. The van der Waals surface area contributed by atoms with Gasteiger partial charge in [0.15, 0.2) is 0 Å². The number of fused-ring (bicyclic) bond motifs is 1. The molecular formula is C13H14F2N2O3S. The van der Waals surface area contributed by atoms with Crippen LogP contribution in [-0.2, 0) is 20.6 Å². The Kier molecular flexibility index (Phi) is 3.23. The van der Waals surface area contributed by atoms with Gasteiger partial charge in [-0.1, -0.05) is 6.07 Å². The molecule has 1 amide bonds. The maximum atomic E-state index is 13.0. The normalized spacial score (nSPS) is 29.7. The molecule has 0 aromatic carbocycles. The summed E-state index contributed by atoms with van der Waals surface area (Å²) in [5.41, 5.74) is 0.459. The lowest BCUT2D eigenvalue weighted by molar-refractivity contribution is -0.122. The van der Waals surface area contributed by atoms with Crippen LogP contribution in [0.1, 0.15) is 18.4 Å². The molecule has 0 bridgehead atoms. The number of rotatable bonds is 4. The highest BCUT2D eigenvalue weighted by atomic mass is 32.2. The highest BCUT2D eigenvalue weighted by Gasteiger charge is 2.65. The summed E-state index contributed by atoms with van der Waals surface area (Å²) in [6, 6.07) is 3.18. The number of hydrogen-bond acceptors (Lipinski definition) is 4. The van der Waals surface area contributed by atoms with Crippen molar-refractivity contribution < 1.29 is 22.0 Å². The summed E-state index contributed by atoms with van der Waals surface area (Å²) in [6.07, 6.45) is 2.27. The van der Waals surface area contributed by atoms with Gasteiger partial charge >= 0.3 is 0 Å². The van der Waals surface area contributed by atoms with Crippen LogP contribution in [0.3, 0.4) is 0 Å². The Morgan fingerprint density at radius 2 is 2.05 bits per heavy atom. The number of amides is 1. The van der Waals surface area contributed by atoms with E-state index in [0.717, 1.165) is 0 Å². The molecule has 0 spiro atoms. The quantitative estimate of drug-likeness (QED) is 0.909. The lowest BCUT2D eigenvalue weighted by Crippen LogP contribution is -2.34. The molecule has 2 fully saturated rings. The fourth-order valence-corrected chi connectivity index (χ4v) is 4.25. The zero-order chi connectivity index (χ0) is 15.3. The third kappa shape index (κ3) is 3.04. The van der Waals surface area contributed by atoms with Crippen molar-refractivity contribution in [3.8, 4) is 0 Å². The smallest absolute Gasteiger partial charge is 0.248 e. The van der Waals surface area contributed by atoms with Crippen LogP contribution >= 0.6 is 0 Å². The van der Waals surface area contributed by atoms with Crippen molar-refractivity contribution in [1.29, 1.82) is 0 Å². The van der Waals surface area contributed by atoms with Crippen LogP contribution in [0, 0.1) is 17.8 Å². The summed E-state index contributed by atoms with van der Waals surface area (Å²) in [5, 5.41) is 0. The SMILES string of the molecule is O=C(NS(=O)(=O)Cc1cccnc1)C1[C@H]2CC(F)(F)C[C@@H]12. The number of nitrogens with zero attached hydrogens (tertiary/aromatic N) is 1. The molecule has 1 aromatic rings. The molecule has 21 heavy (non-hydrogen) atoms. The van der Waals surface area contributed by atoms with Crippen LogP contribution in [-0.4, -0.2) is 25.2 Å². The molecule has 1 N–H and O–H groups in total. The van der Waals surface area contributed by atoms with Crippen molar-refractivity contribution in [3.63, 3.8) is 0 Å². The number of pyridine rings is 1. The highest BCUT2D eigenvalue weighted by Crippen LogP contribution is 2.62. The van der Waals surface area contributed by atoms with Gasteiger partial charge in [0.25, 0.3) is 0 Å². The predicted octanol–water partition coefficient (Wildman–Crippen LogP) is 1.32. The van der Waals surface area contributed by atoms with E-state index in [-0.39, 0.29) is 30.4 Å². The molecule has 2 saturated carbocycles. The molecule has 0 aliphatic heterocycles. The van der Waals surface area contributed by atoms with Gasteiger partial charge in [0.2, 0.25) is 21.9 Å². The molecule has 3 atom stereocenters. The van der Waals surface area contributed by atoms with Crippen LogP contribution in [0.5, 0.6) is 0 Å². The van der Waals surface area contributed by atoms with E-state index in [4.69, 9.17) is 0 Å². The zero-order valence-electron chi connectivity index (χ0n) is 11.0. The van der Waals surface area contributed by atoms with Gasteiger partial charge in [-0.05, 0) is 23.5 Å². The molecule has 1 aromatic heterocycles. The number of carbonyl (C=O) groups is 1. The standard InChI is InChI=1S/C13H14F2N2O3S/c14-13(15)4-9-10(5-13)11(9)12(18)17-21(19,20)7-8-2-1-3-16-6-8/h1-3,6,9-11H,4-5,7H2,(H,17,18)/t9-,10+,11?. The van der Waals surface area contributed by atoms with E-state index < -0.39 is 27.8 Å². The van der Waals surface area contributed by atoms with Gasteiger partial charge in [-0.25, -0.2) is 17.2 Å². The van der Waals surface area contributed by atoms with E-state index in [1.54, 1.807) is 12.1 Å². The average molecular weight is 316 g/mol. The lowest BCUT2D eigenvalue weighted by atomic mass is 10.1. The first-order valence-electron chi connectivity index (χ1n) is 6.58. The fourth-order valence-electron chi connectivity index (χ4n) is 3.12. The summed E-state index contributed by atoms with van der Waals surface area (Å²) < 4.78 is 51.8. The molecule has 8 heteroatoms. The van der Waals surface area contributed by atoms with Crippen molar-refractivity contribution in [2.75, 3.05) is 0 Å². The van der Waals surface area contributed by atoms with E-state index in [1.807, 2.05) is 4.72 Å². The fraction of sp³-hybridized carbons (Fsp3) is 0.538. The maximum Gasteiger partial charge on any atom is 0.248 e. The van der Waals surface area contributed by atoms with Gasteiger partial charge in [0, 0.05) is 31.2 Å². The van der Waals surface area contributed by atoms with Gasteiger partial charge in [-0.3, -0.25) is 14.5 Å². The second-order valence-corrected chi connectivity index (χ2v) is 7.43. The van der Waals surface area contributed by atoms with Crippen LogP contribution in [0.2, 0.25) is 0 Å². The number of hydrogen-bond donors (Lipinski definition) is 1. The van der Waals surface area contributed by atoms with Gasteiger partial charge in [-0.15, -0.1) is 0 Å². The molecule has 0 saturated heterocycles. The van der Waals surface area contributed by atoms with E-state index in [0.29, 0.717) is 5.56 Å². The van der Waals surface area contributed by atoms with Crippen molar-refractivity contribution in [3.05, 3.63) is 30.1 Å². The summed E-state index contributed by atoms with van der Waals surface area (Å²) >= 11 is 0. The second-order valence-electron chi connectivity index (χ2n) is 5.70. The van der Waals surface area contributed by atoms with Gasteiger partial charge in [-0.2, -0.15) is 0 Å². The summed E-state index contributed by atoms with van der Waals surface area (Å²) in [6.45, 7) is 0. The Labute approximate surface area is 120 Å². The zero-order valence-corrected chi connectivity index (χ0v) is 11.8. The second kappa shape index (κ2) is 4.72. The van der Waals surface area contributed by atoms with E-state index in [1.165, 1.54) is 12.4 Å². The monoisotopic (exact) mass is 316 g/mol. The minimum atomic E-state index is -3.83. The lowest BCUT2D eigenvalue weighted by Gasteiger charge is -2.13. The van der Waals surface area contributed by atoms with Crippen molar-refractivity contribution in [1.82, 2.24) is 9.71 Å². The Hall–Kier alpha value is -1.57. The largest absolute Gasteiger partial charge is 0.274 e. The number of sulfonamides is 1. The van der Waals surface area contributed by atoms with Crippen LogP contribution in [0.15, 0.2) is 24.5 Å². The minimum absolute atomic E-state index is 0.321. The first kappa shape index (κ1) is 14.4. The number of carbonyl (C=O) groups excluding carboxylic acids is 1. The number of nitrogens with one attached hydrogen (secondary N) is 1. The van der Waals surface area contributed by atoms with Gasteiger partial charge in [0.05, 0.1) is 5.75 Å². The van der Waals surface area contributed by atoms with E-state index in [2.05, 4.69) is 4.98 Å². The molecule has 5 nitrogen and oxygen atoms in total. The Morgan fingerprint density at radius 1 is 1.38 bits per heavy atom. The Balaban J connectivity index is 1.59. The van der Waals surface area contributed by atoms with Gasteiger partial charge < -0.3 is 0 Å². The summed E-state index contributed by atoms with van der Waals surface area (Å²) in [5.74, 6) is -5.08. The van der Waals surface area contributed by atoms with E-state index in [9.17, 15) is 22.0 Å². The van der Waals surface area contributed by atoms with Crippen LogP contribution < -0.4 is 4.72 Å². The molecule has 1 heterocycles. The van der Waals surface area contributed by atoms with Crippen LogP contribution in [0.4, 0.5) is 8.78 Å². The highest BCUT2D eigenvalue weighted by molar-refractivity contribution is 7.89. The third-order valence-corrected chi connectivity index (χ3v) is 5.26. The third-order valence-electron chi connectivity index (χ3n) is 4.04. The molecule has 114 valence electrons.